The van der Waals surface area contributed by atoms with Gasteiger partial charge >= 0.3 is 12.0 Å². The minimum Gasteiger partial charge on any atom is -0.449 e. The Morgan fingerprint density at radius 2 is 1.84 bits per heavy atom. The number of aromatic nitrogens is 2. The molecule has 0 aliphatic carbocycles. The van der Waals surface area contributed by atoms with Crippen LogP contribution in [-0.4, -0.2) is 39.8 Å². The predicted octanol–water partition coefficient (Wildman–Crippen LogP) is 3.78. The van der Waals surface area contributed by atoms with Crippen LogP contribution in [0.5, 0.6) is 0 Å². The Morgan fingerprint density at radius 1 is 1.09 bits per heavy atom. The number of rotatable bonds is 7. The fourth-order valence-electron chi connectivity index (χ4n) is 2.76. The zero-order valence-corrected chi connectivity index (χ0v) is 18.8. The molecule has 166 valence electrons. The Morgan fingerprint density at radius 3 is 2.50 bits per heavy atom. The number of para-hydroxylation sites is 1. The van der Waals surface area contributed by atoms with Crippen LogP contribution in [0.3, 0.4) is 0 Å². The van der Waals surface area contributed by atoms with Crippen molar-refractivity contribution < 1.29 is 19.1 Å². The second kappa shape index (κ2) is 10.5. The summed E-state index contributed by atoms with van der Waals surface area (Å²) in [5.41, 5.74) is 2.34. The highest BCUT2D eigenvalue weighted by molar-refractivity contribution is 7.13. The van der Waals surface area contributed by atoms with Gasteiger partial charge in [0.15, 0.2) is 6.10 Å². The van der Waals surface area contributed by atoms with E-state index in [1.54, 1.807) is 35.9 Å². The molecule has 1 atom stereocenters. The van der Waals surface area contributed by atoms with Crippen LogP contribution >= 0.6 is 11.3 Å². The van der Waals surface area contributed by atoms with E-state index < -0.39 is 24.0 Å². The summed E-state index contributed by atoms with van der Waals surface area (Å²) < 4.78 is 6.86. The van der Waals surface area contributed by atoms with Gasteiger partial charge in [-0.25, -0.2) is 14.3 Å². The van der Waals surface area contributed by atoms with Gasteiger partial charge in [-0.15, -0.1) is 11.3 Å². The number of hydrogen-bond donors (Lipinski definition) is 2. The lowest BCUT2D eigenvalue weighted by Crippen LogP contribution is -2.46. The monoisotopic (exact) mass is 452 g/mol. The van der Waals surface area contributed by atoms with E-state index in [0.717, 1.165) is 21.8 Å². The maximum Gasteiger partial charge on any atom is 0.331 e. The number of urea groups is 1. The van der Waals surface area contributed by atoms with Crippen LogP contribution in [0.15, 0.2) is 60.1 Å². The lowest BCUT2D eigenvalue weighted by molar-refractivity contribution is -0.149. The maximum atomic E-state index is 12.3. The van der Waals surface area contributed by atoms with E-state index in [2.05, 4.69) is 15.7 Å². The van der Waals surface area contributed by atoms with Crippen LogP contribution in [-0.2, 0) is 14.3 Å². The molecule has 8 nitrogen and oxygen atoms in total. The first-order valence-corrected chi connectivity index (χ1v) is 10.9. The van der Waals surface area contributed by atoms with Gasteiger partial charge in [-0.05, 0) is 50.4 Å². The van der Waals surface area contributed by atoms with Gasteiger partial charge in [-0.2, -0.15) is 5.10 Å². The highest BCUT2D eigenvalue weighted by atomic mass is 32.1. The smallest absolute Gasteiger partial charge is 0.331 e. The standard InChI is InChI=1S/C23H24N4O4S/c1-15(2)24-23(30)25-22(29)16(3)31-20(28)12-11-17-14-27(18-8-5-4-6-9-18)26-21(17)19-10-7-13-32-19/h4-16H,1-3H3,(H2,24,25,29,30)/b12-11+. The van der Waals surface area contributed by atoms with Gasteiger partial charge in [0.05, 0.1) is 10.6 Å². The molecule has 0 saturated carbocycles. The van der Waals surface area contributed by atoms with Crippen molar-refractivity contribution in [3.05, 3.63) is 65.7 Å². The number of carbonyl (C=O) groups is 3. The van der Waals surface area contributed by atoms with E-state index in [1.165, 1.54) is 13.0 Å². The number of imide groups is 1. The third-order valence-corrected chi connectivity index (χ3v) is 5.11. The summed E-state index contributed by atoms with van der Waals surface area (Å²) in [5.74, 6) is -1.41. The molecule has 1 aromatic carbocycles. The summed E-state index contributed by atoms with van der Waals surface area (Å²) in [6, 6.07) is 12.7. The van der Waals surface area contributed by atoms with Crippen LogP contribution in [0.1, 0.15) is 26.3 Å². The number of carbonyl (C=O) groups excluding carboxylic acids is 3. The Bertz CT molecular complexity index is 1100. The number of benzene rings is 1. The molecule has 2 N–H and O–H groups in total. The summed E-state index contributed by atoms with van der Waals surface area (Å²) >= 11 is 1.54. The Kier molecular flexibility index (Phi) is 7.56. The zero-order chi connectivity index (χ0) is 23.1. The molecule has 0 aliphatic heterocycles. The molecule has 0 aliphatic rings. The van der Waals surface area contributed by atoms with Gasteiger partial charge in [0.25, 0.3) is 5.91 Å². The van der Waals surface area contributed by atoms with E-state index in [9.17, 15) is 14.4 Å². The van der Waals surface area contributed by atoms with E-state index in [-0.39, 0.29) is 6.04 Å². The van der Waals surface area contributed by atoms with Crippen molar-refractivity contribution in [3.8, 4) is 16.3 Å². The zero-order valence-electron chi connectivity index (χ0n) is 17.9. The molecule has 1 unspecified atom stereocenters. The predicted molar refractivity (Wildman–Crippen MR) is 123 cm³/mol. The molecule has 32 heavy (non-hydrogen) atoms. The highest BCUT2D eigenvalue weighted by Crippen LogP contribution is 2.28. The first-order valence-electron chi connectivity index (χ1n) is 10.0. The second-order valence-electron chi connectivity index (χ2n) is 7.22. The van der Waals surface area contributed by atoms with Crippen molar-refractivity contribution in [2.24, 2.45) is 0 Å². The molecule has 0 spiro atoms. The number of nitrogens with one attached hydrogen (secondary N) is 2. The molecule has 2 heterocycles. The Hall–Kier alpha value is -3.72. The minimum atomic E-state index is -1.13. The minimum absolute atomic E-state index is 0.127. The van der Waals surface area contributed by atoms with Gasteiger partial charge in [0, 0.05) is 23.9 Å². The molecule has 0 radical (unpaired) electrons. The van der Waals surface area contributed by atoms with E-state index in [1.807, 2.05) is 54.0 Å². The molecule has 2 aromatic heterocycles. The maximum absolute atomic E-state index is 12.3. The molecule has 0 bridgehead atoms. The molecule has 3 aromatic rings. The molecule has 0 fully saturated rings. The number of ether oxygens (including phenoxy) is 1. The molecule has 9 heteroatoms. The van der Waals surface area contributed by atoms with Gasteiger partial charge in [-0.1, -0.05) is 24.3 Å². The van der Waals surface area contributed by atoms with Crippen LogP contribution in [0.25, 0.3) is 22.3 Å². The van der Waals surface area contributed by atoms with E-state index >= 15 is 0 Å². The van der Waals surface area contributed by atoms with Gasteiger partial charge in [0.2, 0.25) is 0 Å². The SMILES string of the molecule is CC(C)NC(=O)NC(=O)C(C)OC(=O)/C=C/c1cn(-c2ccccc2)nc1-c1cccs1. The molecular formula is C23H24N4O4S. The summed E-state index contributed by atoms with van der Waals surface area (Å²) in [6.45, 7) is 4.93. The Labute approximate surface area is 189 Å². The quantitative estimate of drug-likeness (QED) is 0.420. The van der Waals surface area contributed by atoms with Crippen molar-refractivity contribution in [2.45, 2.75) is 32.9 Å². The van der Waals surface area contributed by atoms with Gasteiger partial charge in [0.1, 0.15) is 5.69 Å². The topological polar surface area (TPSA) is 102 Å². The number of nitrogens with zero attached hydrogens (tertiary/aromatic N) is 2. The summed E-state index contributed by atoms with van der Waals surface area (Å²) in [6.07, 6.45) is 3.52. The first-order chi connectivity index (χ1) is 15.3. The van der Waals surface area contributed by atoms with E-state index in [4.69, 9.17) is 4.74 Å². The summed E-state index contributed by atoms with van der Waals surface area (Å²) in [7, 11) is 0. The second-order valence-corrected chi connectivity index (χ2v) is 8.17. The van der Waals surface area contributed by atoms with Crippen LogP contribution in [0, 0.1) is 0 Å². The fourth-order valence-corrected chi connectivity index (χ4v) is 3.49. The van der Waals surface area contributed by atoms with Gasteiger partial charge in [-0.3, -0.25) is 10.1 Å². The third-order valence-electron chi connectivity index (χ3n) is 4.24. The first kappa shape index (κ1) is 23.0. The van der Waals surface area contributed by atoms with Gasteiger partial charge < -0.3 is 10.1 Å². The number of amides is 3. The molecular weight excluding hydrogens is 428 g/mol. The van der Waals surface area contributed by atoms with Crippen LogP contribution < -0.4 is 10.6 Å². The third kappa shape index (κ3) is 6.14. The summed E-state index contributed by atoms with van der Waals surface area (Å²) in [5, 5.41) is 11.3. The molecule has 3 rings (SSSR count). The van der Waals surface area contributed by atoms with Crippen molar-refractivity contribution in [1.29, 1.82) is 0 Å². The molecule has 3 amide bonds. The number of thiophene rings is 1. The number of hydrogen-bond acceptors (Lipinski definition) is 6. The average Bonchev–Trinajstić information content (AvgIpc) is 3.42. The molecule has 0 saturated heterocycles. The largest absolute Gasteiger partial charge is 0.449 e. The lowest BCUT2D eigenvalue weighted by atomic mass is 10.2. The Balaban J connectivity index is 1.71. The van der Waals surface area contributed by atoms with Crippen molar-refractivity contribution in [2.75, 3.05) is 0 Å². The van der Waals surface area contributed by atoms with Crippen LogP contribution in [0.4, 0.5) is 4.79 Å². The van der Waals surface area contributed by atoms with Crippen molar-refractivity contribution >= 4 is 35.3 Å². The lowest BCUT2D eigenvalue weighted by Gasteiger charge is -2.13. The normalized spacial score (nSPS) is 12.0. The van der Waals surface area contributed by atoms with Crippen molar-refractivity contribution in [3.63, 3.8) is 0 Å². The van der Waals surface area contributed by atoms with E-state index in [0.29, 0.717) is 0 Å². The summed E-state index contributed by atoms with van der Waals surface area (Å²) in [4.78, 5) is 36.9. The van der Waals surface area contributed by atoms with Crippen LogP contribution in [0.2, 0.25) is 0 Å². The number of esters is 1. The highest BCUT2D eigenvalue weighted by Gasteiger charge is 2.19. The van der Waals surface area contributed by atoms with Crippen molar-refractivity contribution in [1.82, 2.24) is 20.4 Å². The average molecular weight is 453 g/mol. The fraction of sp³-hybridized carbons (Fsp3) is 0.217.